The monoisotopic (exact) mass is 408 g/mol. The molecule has 0 bridgehead atoms. The van der Waals surface area contributed by atoms with E-state index in [1.165, 1.54) is 11.3 Å². The lowest BCUT2D eigenvalue weighted by atomic mass is 10.1. The van der Waals surface area contributed by atoms with E-state index in [-0.39, 0.29) is 12.5 Å². The second-order valence-electron chi connectivity index (χ2n) is 5.95. The number of carbonyl (C=O) groups is 1. The summed E-state index contributed by atoms with van der Waals surface area (Å²) in [6, 6.07) is 15.5. The third-order valence-electron chi connectivity index (χ3n) is 4.02. The van der Waals surface area contributed by atoms with Crippen molar-refractivity contribution in [3.8, 4) is 11.4 Å². The average molecular weight is 409 g/mol. The number of esters is 1. The number of ether oxygens (including phenoxy) is 1. The van der Waals surface area contributed by atoms with Gasteiger partial charge in [0.1, 0.15) is 0 Å². The van der Waals surface area contributed by atoms with Crippen LogP contribution in [0.3, 0.4) is 0 Å². The van der Waals surface area contributed by atoms with Crippen LogP contribution in [0.25, 0.3) is 23.0 Å². The van der Waals surface area contributed by atoms with Crippen LogP contribution in [-0.2, 0) is 16.1 Å². The number of rotatable bonds is 6. The van der Waals surface area contributed by atoms with Crippen LogP contribution in [0.4, 0.5) is 0 Å². The summed E-state index contributed by atoms with van der Waals surface area (Å²) in [7, 11) is 0. The molecule has 4 aromatic rings. The maximum atomic E-state index is 12.7. The molecule has 0 fully saturated rings. The van der Waals surface area contributed by atoms with Gasteiger partial charge in [-0.3, -0.25) is 0 Å². The first-order valence-corrected chi connectivity index (χ1v) is 10.3. The van der Waals surface area contributed by atoms with E-state index in [0.29, 0.717) is 11.4 Å². The summed E-state index contributed by atoms with van der Waals surface area (Å²) in [5.41, 5.74) is 2.45. The summed E-state index contributed by atoms with van der Waals surface area (Å²) in [5.74, 6) is 0.316. The Kier molecular flexibility index (Phi) is 5.45. The van der Waals surface area contributed by atoms with Gasteiger partial charge in [0.25, 0.3) is 5.89 Å². The Labute approximate surface area is 169 Å². The molecule has 7 heteroatoms. The van der Waals surface area contributed by atoms with Crippen LogP contribution in [-0.4, -0.2) is 16.1 Å². The highest BCUT2D eigenvalue weighted by Gasteiger charge is 2.18. The van der Waals surface area contributed by atoms with Gasteiger partial charge in [-0.15, -0.1) is 22.7 Å². The van der Waals surface area contributed by atoms with Gasteiger partial charge in [0.05, 0.1) is 5.57 Å². The predicted molar refractivity (Wildman–Crippen MR) is 111 cm³/mol. The Morgan fingerprint density at radius 2 is 1.93 bits per heavy atom. The number of hydrogen-bond donors (Lipinski definition) is 0. The molecule has 0 amide bonds. The zero-order chi connectivity index (χ0) is 19.3. The fourth-order valence-electron chi connectivity index (χ4n) is 2.63. The van der Waals surface area contributed by atoms with Crippen LogP contribution in [0.1, 0.15) is 21.2 Å². The lowest BCUT2D eigenvalue weighted by Crippen LogP contribution is -2.06. The van der Waals surface area contributed by atoms with Gasteiger partial charge >= 0.3 is 5.97 Å². The Morgan fingerprint density at radius 1 is 1.11 bits per heavy atom. The highest BCUT2D eigenvalue weighted by Crippen LogP contribution is 2.26. The second kappa shape index (κ2) is 8.33. The van der Waals surface area contributed by atoms with Gasteiger partial charge < -0.3 is 9.26 Å². The lowest BCUT2D eigenvalue weighted by molar-refractivity contribution is -0.138. The van der Waals surface area contributed by atoms with Crippen molar-refractivity contribution < 1.29 is 14.1 Å². The van der Waals surface area contributed by atoms with Gasteiger partial charge in [0, 0.05) is 15.3 Å². The number of aryl methyl sites for hydroxylation is 1. The molecule has 0 atom stereocenters. The van der Waals surface area contributed by atoms with Crippen LogP contribution < -0.4 is 0 Å². The largest absolute Gasteiger partial charge is 0.452 e. The number of thiophene rings is 2. The van der Waals surface area contributed by atoms with Crippen molar-refractivity contribution in [3.63, 3.8) is 0 Å². The summed E-state index contributed by atoms with van der Waals surface area (Å²) < 4.78 is 10.7. The maximum Gasteiger partial charge on any atom is 0.340 e. The SMILES string of the molecule is Cc1ccccc1-c1noc(COC(=O)/C(=C/c2cccs2)c2cccs2)n1. The number of benzene rings is 1. The Hall–Kier alpha value is -3.03. The lowest BCUT2D eigenvalue weighted by Gasteiger charge is -2.05. The first-order chi connectivity index (χ1) is 13.7. The second-order valence-corrected chi connectivity index (χ2v) is 7.88. The quantitative estimate of drug-likeness (QED) is 0.313. The van der Waals surface area contributed by atoms with Gasteiger partial charge in [-0.25, -0.2) is 4.79 Å². The minimum Gasteiger partial charge on any atom is -0.452 e. The normalized spacial score (nSPS) is 11.5. The molecule has 140 valence electrons. The maximum absolute atomic E-state index is 12.7. The molecule has 28 heavy (non-hydrogen) atoms. The topological polar surface area (TPSA) is 65.2 Å². The summed E-state index contributed by atoms with van der Waals surface area (Å²) in [4.78, 5) is 18.9. The van der Waals surface area contributed by atoms with Crippen molar-refractivity contribution in [1.82, 2.24) is 10.1 Å². The highest BCUT2D eigenvalue weighted by atomic mass is 32.1. The first-order valence-electron chi connectivity index (χ1n) is 8.55. The van der Waals surface area contributed by atoms with E-state index in [1.54, 1.807) is 11.3 Å². The fourth-order valence-corrected chi connectivity index (χ4v) is 4.02. The molecule has 0 radical (unpaired) electrons. The summed E-state index contributed by atoms with van der Waals surface area (Å²) in [6.07, 6.45) is 1.84. The molecule has 0 aliphatic rings. The molecule has 3 aromatic heterocycles. The molecular weight excluding hydrogens is 392 g/mol. The van der Waals surface area contributed by atoms with Crippen molar-refractivity contribution in [2.24, 2.45) is 0 Å². The third kappa shape index (κ3) is 4.11. The van der Waals surface area contributed by atoms with E-state index >= 15 is 0 Å². The molecule has 4 rings (SSSR count). The Bertz CT molecular complexity index is 1100. The molecule has 0 spiro atoms. The van der Waals surface area contributed by atoms with E-state index < -0.39 is 5.97 Å². The standard InChI is InChI=1S/C21H16N2O3S2/c1-14-6-2-3-8-16(14)20-22-19(26-23-20)13-25-21(24)17(18-9-5-11-28-18)12-15-7-4-10-27-15/h2-12H,13H2,1H3/b17-12+. The summed E-state index contributed by atoms with van der Waals surface area (Å²) in [6.45, 7) is 1.90. The Balaban J connectivity index is 1.50. The van der Waals surface area contributed by atoms with Crippen molar-refractivity contribution in [2.75, 3.05) is 0 Å². The third-order valence-corrected chi connectivity index (χ3v) is 5.74. The van der Waals surface area contributed by atoms with Gasteiger partial charge in [-0.05, 0) is 41.5 Å². The Morgan fingerprint density at radius 3 is 2.68 bits per heavy atom. The molecular formula is C21H16N2O3S2. The molecule has 0 N–H and O–H groups in total. The van der Waals surface area contributed by atoms with Gasteiger partial charge in [-0.2, -0.15) is 4.98 Å². The van der Waals surface area contributed by atoms with Crippen LogP contribution in [0.2, 0.25) is 0 Å². The molecule has 0 saturated carbocycles. The number of carbonyl (C=O) groups excluding carboxylic acids is 1. The summed E-state index contributed by atoms with van der Waals surface area (Å²) in [5, 5.41) is 7.89. The molecule has 3 heterocycles. The van der Waals surface area contributed by atoms with Crippen LogP contribution >= 0.6 is 22.7 Å². The van der Waals surface area contributed by atoms with E-state index in [0.717, 1.165) is 20.9 Å². The van der Waals surface area contributed by atoms with Crippen LogP contribution in [0, 0.1) is 6.92 Å². The van der Waals surface area contributed by atoms with E-state index in [9.17, 15) is 4.79 Å². The number of hydrogen-bond acceptors (Lipinski definition) is 7. The average Bonchev–Trinajstić information content (AvgIpc) is 3.47. The molecule has 1 aromatic carbocycles. The smallest absolute Gasteiger partial charge is 0.340 e. The van der Waals surface area contributed by atoms with Crippen LogP contribution in [0.5, 0.6) is 0 Å². The zero-order valence-electron chi connectivity index (χ0n) is 15.0. The van der Waals surface area contributed by atoms with E-state index in [2.05, 4.69) is 10.1 Å². The minimum absolute atomic E-state index is 0.0785. The van der Waals surface area contributed by atoms with E-state index in [4.69, 9.17) is 9.26 Å². The minimum atomic E-state index is -0.425. The highest BCUT2D eigenvalue weighted by molar-refractivity contribution is 7.12. The number of aromatic nitrogens is 2. The predicted octanol–water partition coefficient (Wildman–Crippen LogP) is 5.45. The molecule has 0 aliphatic carbocycles. The van der Waals surface area contributed by atoms with Crippen molar-refractivity contribution in [2.45, 2.75) is 13.5 Å². The first kappa shape index (κ1) is 18.3. The van der Waals surface area contributed by atoms with Gasteiger partial charge in [0.15, 0.2) is 6.61 Å². The molecule has 0 aliphatic heterocycles. The van der Waals surface area contributed by atoms with Crippen molar-refractivity contribution in [3.05, 3.63) is 80.5 Å². The van der Waals surface area contributed by atoms with Gasteiger partial charge in [-0.1, -0.05) is 41.6 Å². The van der Waals surface area contributed by atoms with Crippen LogP contribution in [0.15, 0.2) is 63.8 Å². The van der Waals surface area contributed by atoms with E-state index in [1.807, 2.05) is 72.3 Å². The molecule has 0 saturated heterocycles. The van der Waals surface area contributed by atoms with Gasteiger partial charge in [0.2, 0.25) is 5.82 Å². The molecule has 0 unspecified atom stereocenters. The van der Waals surface area contributed by atoms with Crippen molar-refractivity contribution in [1.29, 1.82) is 0 Å². The molecule has 5 nitrogen and oxygen atoms in total. The zero-order valence-corrected chi connectivity index (χ0v) is 16.6. The van der Waals surface area contributed by atoms with Crippen molar-refractivity contribution >= 4 is 40.3 Å². The summed E-state index contributed by atoms with van der Waals surface area (Å²) >= 11 is 3.05. The number of nitrogens with zero attached hydrogens (tertiary/aromatic N) is 2. The fraction of sp³-hybridized carbons (Fsp3) is 0.0952.